The number of aliphatic hydroxyl groups is 1. The zero-order chi connectivity index (χ0) is 14.0. The lowest BCUT2D eigenvalue weighted by molar-refractivity contribution is 0.0922. The number of hydrogen-bond acceptors (Lipinski definition) is 3. The average Bonchev–Trinajstić information content (AvgIpc) is 3.12. The van der Waals surface area contributed by atoms with Crippen LogP contribution in [0.5, 0.6) is 0 Å². The molecule has 1 aromatic rings. The van der Waals surface area contributed by atoms with Crippen molar-refractivity contribution in [1.82, 2.24) is 15.2 Å². The number of nitrogens with zero attached hydrogens (tertiary/aromatic N) is 1. The van der Waals surface area contributed by atoms with Gasteiger partial charge in [-0.25, -0.2) is 0 Å². The van der Waals surface area contributed by atoms with Gasteiger partial charge in [0.25, 0.3) is 5.91 Å². The standard InChI is InChI=1S/C15H23N3O2/c19-11-15(5-6-15)10-17-14(20)13-2-1-9-18(13)12-3-7-16-8-4-12/h1-2,9,12,16,19H,3-8,10-11H2,(H,17,20). The van der Waals surface area contributed by atoms with E-state index in [9.17, 15) is 9.90 Å². The van der Waals surface area contributed by atoms with E-state index in [0.717, 1.165) is 44.5 Å². The van der Waals surface area contributed by atoms with E-state index in [1.165, 1.54) is 0 Å². The summed E-state index contributed by atoms with van der Waals surface area (Å²) in [6, 6.07) is 4.24. The molecule has 0 radical (unpaired) electrons. The van der Waals surface area contributed by atoms with E-state index < -0.39 is 0 Å². The summed E-state index contributed by atoms with van der Waals surface area (Å²) < 4.78 is 2.11. The second-order valence-electron chi connectivity index (χ2n) is 6.12. The van der Waals surface area contributed by atoms with Crippen molar-refractivity contribution in [3.63, 3.8) is 0 Å². The lowest BCUT2D eigenvalue weighted by Gasteiger charge is -2.26. The fraction of sp³-hybridized carbons (Fsp3) is 0.667. The zero-order valence-corrected chi connectivity index (χ0v) is 11.8. The van der Waals surface area contributed by atoms with Crippen LogP contribution in [0.4, 0.5) is 0 Å². The first kappa shape index (κ1) is 13.6. The first-order valence-electron chi connectivity index (χ1n) is 7.51. The molecule has 5 heteroatoms. The smallest absolute Gasteiger partial charge is 0.267 e. The largest absolute Gasteiger partial charge is 0.396 e. The summed E-state index contributed by atoms with van der Waals surface area (Å²) in [5.74, 6) is -0.0201. The molecule has 2 heterocycles. The molecule has 1 amide bonds. The van der Waals surface area contributed by atoms with Crippen molar-refractivity contribution in [1.29, 1.82) is 0 Å². The van der Waals surface area contributed by atoms with Crippen molar-refractivity contribution in [2.24, 2.45) is 5.41 Å². The molecule has 1 saturated heterocycles. The first-order valence-corrected chi connectivity index (χ1v) is 7.51. The van der Waals surface area contributed by atoms with Gasteiger partial charge >= 0.3 is 0 Å². The molecule has 0 unspecified atom stereocenters. The Hall–Kier alpha value is -1.33. The number of aromatic nitrogens is 1. The van der Waals surface area contributed by atoms with Crippen molar-refractivity contribution >= 4 is 5.91 Å². The summed E-state index contributed by atoms with van der Waals surface area (Å²) in [5.41, 5.74) is 0.701. The number of hydrogen-bond donors (Lipinski definition) is 3. The summed E-state index contributed by atoms with van der Waals surface area (Å²) in [6.07, 6.45) is 6.16. The van der Waals surface area contributed by atoms with Gasteiger partial charge in [-0.15, -0.1) is 0 Å². The minimum absolute atomic E-state index is 0.0201. The minimum Gasteiger partial charge on any atom is -0.396 e. The van der Waals surface area contributed by atoms with Crippen molar-refractivity contribution in [3.8, 4) is 0 Å². The van der Waals surface area contributed by atoms with Crippen LogP contribution in [-0.2, 0) is 0 Å². The second-order valence-corrected chi connectivity index (χ2v) is 6.12. The maximum atomic E-state index is 12.3. The molecule has 3 N–H and O–H groups in total. The number of piperidine rings is 1. The molecule has 20 heavy (non-hydrogen) atoms. The Morgan fingerprint density at radius 1 is 1.45 bits per heavy atom. The molecule has 3 rings (SSSR count). The summed E-state index contributed by atoms with van der Waals surface area (Å²) in [6.45, 7) is 2.78. The Balaban J connectivity index is 1.64. The lowest BCUT2D eigenvalue weighted by Crippen LogP contribution is -2.35. The van der Waals surface area contributed by atoms with Gasteiger partial charge in [-0.2, -0.15) is 0 Å². The molecule has 110 valence electrons. The fourth-order valence-electron chi connectivity index (χ4n) is 2.92. The van der Waals surface area contributed by atoms with Crippen LogP contribution in [0, 0.1) is 5.41 Å². The predicted octanol–water partition coefficient (Wildman–Crippen LogP) is 0.915. The Morgan fingerprint density at radius 3 is 2.85 bits per heavy atom. The van der Waals surface area contributed by atoms with Crippen LogP contribution in [-0.4, -0.2) is 41.8 Å². The molecular weight excluding hydrogens is 254 g/mol. The van der Waals surface area contributed by atoms with Gasteiger partial charge in [0.15, 0.2) is 0 Å². The van der Waals surface area contributed by atoms with E-state index >= 15 is 0 Å². The highest BCUT2D eigenvalue weighted by molar-refractivity contribution is 5.92. The molecule has 0 atom stereocenters. The molecule has 5 nitrogen and oxygen atoms in total. The number of nitrogens with one attached hydrogen (secondary N) is 2. The Labute approximate surface area is 119 Å². The first-order chi connectivity index (χ1) is 9.74. The van der Waals surface area contributed by atoms with E-state index in [4.69, 9.17) is 0 Å². The number of amides is 1. The maximum absolute atomic E-state index is 12.3. The van der Waals surface area contributed by atoms with Gasteiger partial charge in [-0.3, -0.25) is 4.79 Å². The third kappa shape index (κ3) is 2.74. The lowest BCUT2D eigenvalue weighted by atomic mass is 10.1. The third-order valence-electron chi connectivity index (χ3n) is 4.63. The second kappa shape index (κ2) is 5.58. The van der Waals surface area contributed by atoms with Gasteiger partial charge in [0.2, 0.25) is 0 Å². The van der Waals surface area contributed by atoms with Gasteiger partial charge in [0.1, 0.15) is 5.69 Å². The van der Waals surface area contributed by atoms with Gasteiger partial charge in [0.05, 0.1) is 6.61 Å². The number of aliphatic hydroxyl groups excluding tert-OH is 1. The van der Waals surface area contributed by atoms with Crippen LogP contribution in [0.3, 0.4) is 0 Å². The van der Waals surface area contributed by atoms with Crippen molar-refractivity contribution in [3.05, 3.63) is 24.0 Å². The van der Waals surface area contributed by atoms with Crippen LogP contribution < -0.4 is 10.6 Å². The van der Waals surface area contributed by atoms with Crippen LogP contribution in [0.25, 0.3) is 0 Å². The average molecular weight is 277 g/mol. The summed E-state index contributed by atoms with van der Waals surface area (Å²) >= 11 is 0. The molecule has 1 aromatic heterocycles. The molecule has 0 aromatic carbocycles. The molecule has 2 aliphatic rings. The molecular formula is C15H23N3O2. The highest BCUT2D eigenvalue weighted by Gasteiger charge is 2.42. The van der Waals surface area contributed by atoms with E-state index in [0.29, 0.717) is 12.6 Å². The summed E-state index contributed by atoms with van der Waals surface area (Å²) in [5, 5.41) is 15.6. The van der Waals surface area contributed by atoms with Crippen LogP contribution >= 0.6 is 0 Å². The molecule has 1 saturated carbocycles. The molecule has 1 aliphatic carbocycles. The Bertz CT molecular complexity index is 473. The molecule has 2 fully saturated rings. The molecule has 1 aliphatic heterocycles. The van der Waals surface area contributed by atoms with E-state index in [1.54, 1.807) is 0 Å². The van der Waals surface area contributed by atoms with Crippen molar-refractivity contribution in [2.45, 2.75) is 31.7 Å². The maximum Gasteiger partial charge on any atom is 0.267 e. The van der Waals surface area contributed by atoms with Gasteiger partial charge < -0.3 is 20.3 Å². The van der Waals surface area contributed by atoms with Crippen LogP contribution in [0.2, 0.25) is 0 Å². The summed E-state index contributed by atoms with van der Waals surface area (Å²) in [7, 11) is 0. The zero-order valence-electron chi connectivity index (χ0n) is 11.8. The topological polar surface area (TPSA) is 66.3 Å². The quantitative estimate of drug-likeness (QED) is 0.749. The van der Waals surface area contributed by atoms with Gasteiger partial charge in [0, 0.05) is 24.2 Å². The number of carbonyl (C=O) groups excluding carboxylic acids is 1. The number of rotatable bonds is 5. The Morgan fingerprint density at radius 2 is 2.20 bits per heavy atom. The molecule has 0 spiro atoms. The monoisotopic (exact) mass is 277 g/mol. The summed E-state index contributed by atoms with van der Waals surface area (Å²) in [4.78, 5) is 12.3. The van der Waals surface area contributed by atoms with Crippen LogP contribution in [0.1, 0.15) is 42.2 Å². The highest BCUT2D eigenvalue weighted by Crippen LogP contribution is 2.44. The predicted molar refractivity (Wildman–Crippen MR) is 76.7 cm³/mol. The van der Waals surface area contributed by atoms with E-state index in [1.807, 2.05) is 18.3 Å². The third-order valence-corrected chi connectivity index (χ3v) is 4.63. The normalized spacial score (nSPS) is 21.6. The van der Waals surface area contributed by atoms with Gasteiger partial charge in [-0.1, -0.05) is 0 Å². The highest BCUT2D eigenvalue weighted by atomic mass is 16.3. The SMILES string of the molecule is O=C(NCC1(CO)CC1)c1cccn1C1CCNCC1. The van der Waals surface area contributed by atoms with Crippen LogP contribution in [0.15, 0.2) is 18.3 Å². The van der Waals surface area contributed by atoms with Gasteiger partial charge in [-0.05, 0) is 50.9 Å². The number of carbonyl (C=O) groups is 1. The van der Waals surface area contributed by atoms with E-state index in [2.05, 4.69) is 15.2 Å². The Kier molecular flexibility index (Phi) is 3.81. The van der Waals surface area contributed by atoms with Crippen molar-refractivity contribution < 1.29 is 9.90 Å². The fourth-order valence-corrected chi connectivity index (χ4v) is 2.92. The van der Waals surface area contributed by atoms with Crippen molar-refractivity contribution in [2.75, 3.05) is 26.2 Å². The minimum atomic E-state index is -0.0398. The molecule has 0 bridgehead atoms. The van der Waals surface area contributed by atoms with E-state index in [-0.39, 0.29) is 17.9 Å².